The van der Waals surface area contributed by atoms with Crippen LogP contribution in [0.4, 0.5) is 0 Å². The molecule has 0 aliphatic rings. The molecule has 0 rings (SSSR count). The molecule has 0 saturated carbocycles. The Morgan fingerprint density at radius 3 is 2.40 bits per heavy atom. The van der Waals surface area contributed by atoms with Gasteiger partial charge < -0.3 is 5.32 Å². The van der Waals surface area contributed by atoms with Gasteiger partial charge in [0.05, 0.1) is 0 Å². The van der Waals surface area contributed by atoms with Crippen LogP contribution in [0.25, 0.3) is 0 Å². The fraction of sp³-hybridized carbons (Fsp3) is 0.429. The molecule has 0 saturated heterocycles. The van der Waals surface area contributed by atoms with Crippen molar-refractivity contribution in [3.63, 3.8) is 0 Å². The minimum absolute atomic E-state index is 0.0984. The Labute approximate surface area is 60.8 Å². The number of hydrogen-bond acceptors (Lipinski definition) is 2. The summed E-state index contributed by atoms with van der Waals surface area (Å²) >= 11 is 0. The molecule has 0 aromatic heterocycles. The lowest BCUT2D eigenvalue weighted by Crippen LogP contribution is -2.17. The van der Waals surface area contributed by atoms with Crippen molar-refractivity contribution in [1.82, 2.24) is 5.32 Å². The summed E-state index contributed by atoms with van der Waals surface area (Å²) in [7, 11) is 0. The van der Waals surface area contributed by atoms with Gasteiger partial charge in [-0.2, -0.15) is 0 Å². The van der Waals surface area contributed by atoms with E-state index in [-0.39, 0.29) is 5.91 Å². The summed E-state index contributed by atoms with van der Waals surface area (Å²) in [4.78, 5) is 14.3. The molecule has 0 unspecified atom stereocenters. The van der Waals surface area contributed by atoms with Crippen molar-refractivity contribution < 1.29 is 4.79 Å². The maximum absolute atomic E-state index is 10.5. The quantitative estimate of drug-likeness (QED) is 0.573. The van der Waals surface area contributed by atoms with E-state index in [0.717, 1.165) is 0 Å². The highest BCUT2D eigenvalue weighted by atomic mass is 16.1. The van der Waals surface area contributed by atoms with Gasteiger partial charge in [-0.05, 0) is 19.9 Å². The van der Waals surface area contributed by atoms with Crippen LogP contribution in [0.1, 0.15) is 20.8 Å². The predicted molar refractivity (Wildman–Crippen MR) is 41.7 cm³/mol. The largest absolute Gasteiger partial charge is 0.311 e. The maximum atomic E-state index is 10.5. The lowest BCUT2D eigenvalue weighted by molar-refractivity contribution is -0.118. The number of amides is 1. The molecule has 56 valence electrons. The number of carbonyl (C=O) groups excluding carboxylic acids is 1. The van der Waals surface area contributed by atoms with Crippen LogP contribution >= 0.6 is 0 Å². The van der Waals surface area contributed by atoms with Gasteiger partial charge in [0.15, 0.2) is 0 Å². The molecule has 10 heavy (non-hydrogen) atoms. The zero-order valence-corrected chi connectivity index (χ0v) is 6.51. The predicted octanol–water partition coefficient (Wildman–Crippen LogP) is 1.07. The average molecular weight is 140 g/mol. The van der Waals surface area contributed by atoms with E-state index in [4.69, 9.17) is 0 Å². The molecule has 0 aromatic carbocycles. The van der Waals surface area contributed by atoms with Crippen molar-refractivity contribution >= 4 is 12.1 Å². The van der Waals surface area contributed by atoms with Crippen molar-refractivity contribution in [2.24, 2.45) is 4.99 Å². The second kappa shape index (κ2) is 4.73. The molecule has 0 radical (unpaired) electrons. The second-order valence-electron chi connectivity index (χ2n) is 1.74. The first-order valence-electron chi connectivity index (χ1n) is 3.13. The summed E-state index contributed by atoms with van der Waals surface area (Å²) in [5, 5.41) is 2.55. The molecular formula is C7H12N2O. The second-order valence-corrected chi connectivity index (χ2v) is 1.74. The van der Waals surface area contributed by atoms with E-state index >= 15 is 0 Å². The number of allylic oxidation sites excluding steroid dienone is 1. The first-order chi connectivity index (χ1) is 4.70. The Bertz CT molecular complexity index is 170. The van der Waals surface area contributed by atoms with Crippen molar-refractivity contribution in [3.05, 3.63) is 11.9 Å². The van der Waals surface area contributed by atoms with Crippen LogP contribution in [0.5, 0.6) is 0 Å². The third-order valence-electron chi connectivity index (χ3n) is 0.846. The van der Waals surface area contributed by atoms with E-state index in [9.17, 15) is 4.79 Å². The minimum Gasteiger partial charge on any atom is -0.311 e. The highest BCUT2D eigenvalue weighted by Crippen LogP contribution is 1.88. The molecule has 0 aliphatic carbocycles. The summed E-state index contributed by atoms with van der Waals surface area (Å²) in [6.45, 7) is 5.07. The monoisotopic (exact) mass is 140 g/mol. The highest BCUT2D eigenvalue weighted by Gasteiger charge is 1.91. The van der Waals surface area contributed by atoms with Gasteiger partial charge in [0.25, 0.3) is 0 Å². The van der Waals surface area contributed by atoms with E-state index < -0.39 is 0 Å². The molecule has 1 N–H and O–H groups in total. The van der Waals surface area contributed by atoms with E-state index in [0.29, 0.717) is 5.82 Å². The van der Waals surface area contributed by atoms with Crippen LogP contribution in [-0.2, 0) is 4.79 Å². The molecule has 0 aromatic rings. The zero-order chi connectivity index (χ0) is 7.98. The van der Waals surface area contributed by atoms with Crippen molar-refractivity contribution in [1.29, 1.82) is 0 Å². The van der Waals surface area contributed by atoms with Gasteiger partial charge in [0, 0.05) is 13.1 Å². The Morgan fingerprint density at radius 2 is 2.10 bits per heavy atom. The Kier molecular flexibility index (Phi) is 4.20. The zero-order valence-electron chi connectivity index (χ0n) is 6.51. The maximum Gasteiger partial charge on any atom is 0.222 e. The molecule has 0 atom stereocenters. The van der Waals surface area contributed by atoms with Crippen LogP contribution in [0.3, 0.4) is 0 Å². The summed E-state index contributed by atoms with van der Waals surface area (Å²) in [6.07, 6.45) is 3.37. The lowest BCUT2D eigenvalue weighted by atomic mass is 10.5. The van der Waals surface area contributed by atoms with Gasteiger partial charge in [-0.15, -0.1) is 0 Å². The van der Waals surface area contributed by atoms with Gasteiger partial charge in [-0.3, -0.25) is 4.79 Å². The van der Waals surface area contributed by atoms with Crippen LogP contribution in [0.15, 0.2) is 16.9 Å². The minimum atomic E-state index is -0.0984. The topological polar surface area (TPSA) is 41.5 Å². The van der Waals surface area contributed by atoms with Crippen LogP contribution in [0.2, 0.25) is 0 Å². The van der Waals surface area contributed by atoms with Crippen LogP contribution in [0, 0.1) is 0 Å². The van der Waals surface area contributed by atoms with E-state index in [1.54, 1.807) is 19.2 Å². The van der Waals surface area contributed by atoms with E-state index in [2.05, 4.69) is 10.3 Å². The molecule has 0 fully saturated rings. The summed E-state index contributed by atoms with van der Waals surface area (Å²) in [5.41, 5.74) is 0. The highest BCUT2D eigenvalue weighted by molar-refractivity contribution is 5.75. The fourth-order valence-corrected chi connectivity index (χ4v) is 0.498. The Morgan fingerprint density at radius 1 is 1.50 bits per heavy atom. The van der Waals surface area contributed by atoms with Gasteiger partial charge in [0.1, 0.15) is 5.82 Å². The Hall–Kier alpha value is -1.12. The molecule has 0 bridgehead atoms. The third kappa shape index (κ3) is 3.83. The standard InChI is InChI=1S/C7H12N2O/c1-4-7(8-5-2)9-6(3)10/h4-5H,1-3H3,(H,9,10)/b7-4+,8-5-. The van der Waals surface area contributed by atoms with Gasteiger partial charge >= 0.3 is 0 Å². The van der Waals surface area contributed by atoms with Crippen molar-refractivity contribution in [3.8, 4) is 0 Å². The van der Waals surface area contributed by atoms with E-state index in [1.807, 2.05) is 6.92 Å². The molecule has 0 heterocycles. The molecular weight excluding hydrogens is 128 g/mol. The van der Waals surface area contributed by atoms with Crippen molar-refractivity contribution in [2.45, 2.75) is 20.8 Å². The molecule has 3 heteroatoms. The summed E-state index contributed by atoms with van der Waals surface area (Å²) in [5.74, 6) is 0.494. The number of carbonyl (C=O) groups is 1. The Balaban J connectivity index is 3.98. The van der Waals surface area contributed by atoms with Gasteiger partial charge in [-0.1, -0.05) is 0 Å². The normalized spacial score (nSPS) is 12.1. The van der Waals surface area contributed by atoms with Crippen molar-refractivity contribution in [2.75, 3.05) is 0 Å². The molecule has 0 aliphatic heterocycles. The fourth-order valence-electron chi connectivity index (χ4n) is 0.498. The smallest absolute Gasteiger partial charge is 0.222 e. The van der Waals surface area contributed by atoms with Gasteiger partial charge in [-0.25, -0.2) is 4.99 Å². The summed E-state index contributed by atoms with van der Waals surface area (Å²) in [6, 6.07) is 0. The molecule has 3 nitrogen and oxygen atoms in total. The number of hydrogen-bond donors (Lipinski definition) is 1. The summed E-state index contributed by atoms with van der Waals surface area (Å²) < 4.78 is 0. The first kappa shape index (κ1) is 8.88. The number of aliphatic imine (C=N–C) groups is 1. The van der Waals surface area contributed by atoms with Gasteiger partial charge in [0.2, 0.25) is 5.91 Å². The van der Waals surface area contributed by atoms with E-state index in [1.165, 1.54) is 6.92 Å². The third-order valence-corrected chi connectivity index (χ3v) is 0.846. The number of nitrogens with zero attached hydrogens (tertiary/aromatic N) is 1. The molecule has 1 amide bonds. The SMILES string of the molecule is C/C=N\C(=C/C)NC(C)=O. The molecule has 0 spiro atoms. The first-order valence-corrected chi connectivity index (χ1v) is 3.13. The number of nitrogens with one attached hydrogen (secondary N) is 1. The van der Waals surface area contributed by atoms with Crippen LogP contribution < -0.4 is 5.32 Å². The lowest BCUT2D eigenvalue weighted by Gasteiger charge is -1.98. The van der Waals surface area contributed by atoms with Crippen LogP contribution in [-0.4, -0.2) is 12.1 Å². The average Bonchev–Trinajstić information content (AvgIpc) is 1.86. The number of rotatable bonds is 2.